The van der Waals surface area contributed by atoms with Gasteiger partial charge < -0.3 is 4.74 Å². The molecule has 4 nitrogen and oxygen atoms in total. The Morgan fingerprint density at radius 2 is 2.00 bits per heavy atom. The number of nitrogens with zero attached hydrogens (tertiary/aromatic N) is 3. The molecule has 2 aromatic rings. The van der Waals surface area contributed by atoms with Gasteiger partial charge >= 0.3 is 0 Å². The van der Waals surface area contributed by atoms with Gasteiger partial charge in [0.15, 0.2) is 0 Å². The molecule has 2 rings (SSSR count). The molecule has 0 N–H and O–H groups in total. The number of halogens is 1. The summed E-state index contributed by atoms with van der Waals surface area (Å²) < 4.78 is 6.27. The van der Waals surface area contributed by atoms with Crippen LogP contribution in [0.3, 0.4) is 0 Å². The molecule has 0 saturated heterocycles. The predicted molar refractivity (Wildman–Crippen MR) is 78.0 cm³/mol. The van der Waals surface area contributed by atoms with Gasteiger partial charge in [-0.1, -0.05) is 15.9 Å². The largest absolute Gasteiger partial charge is 0.497 e. The minimum absolute atomic E-state index is 0.633. The molecule has 0 saturated carbocycles. The van der Waals surface area contributed by atoms with Gasteiger partial charge in [0.25, 0.3) is 0 Å². The molecule has 0 fully saturated rings. The first-order valence-corrected chi connectivity index (χ1v) is 6.69. The van der Waals surface area contributed by atoms with Crippen LogP contribution in [0.5, 0.6) is 5.75 Å². The van der Waals surface area contributed by atoms with E-state index in [2.05, 4.69) is 31.1 Å². The second-order valence-corrected chi connectivity index (χ2v) is 4.73. The maximum Gasteiger partial charge on any atom is 0.119 e. The summed E-state index contributed by atoms with van der Waals surface area (Å²) in [5.41, 5.74) is 1.98. The van der Waals surface area contributed by atoms with Crippen molar-refractivity contribution in [1.29, 1.82) is 0 Å². The number of methoxy groups -OCH3 is 1. The molecule has 1 aromatic carbocycles. The number of benzene rings is 1. The second kappa shape index (κ2) is 6.99. The standard InChI is InChI=1S/C14H14BrN3O/c1-19-13-2-3-14(15)11(10-13)4-9-17-18-12-5-7-16-8-6-12/h2-3,5-8,10H,4,9H2,1H3. The average Bonchev–Trinajstić information content (AvgIpc) is 2.46. The Hall–Kier alpha value is -1.75. The van der Waals surface area contributed by atoms with Gasteiger partial charge in [-0.25, -0.2) is 0 Å². The normalized spacial score (nSPS) is 10.8. The Morgan fingerprint density at radius 3 is 2.74 bits per heavy atom. The van der Waals surface area contributed by atoms with E-state index in [1.165, 1.54) is 0 Å². The van der Waals surface area contributed by atoms with Crippen molar-refractivity contribution < 1.29 is 4.74 Å². The zero-order valence-electron chi connectivity index (χ0n) is 10.6. The van der Waals surface area contributed by atoms with Gasteiger partial charge in [-0.15, -0.1) is 0 Å². The molecule has 1 heterocycles. The van der Waals surface area contributed by atoms with Crippen molar-refractivity contribution >= 4 is 21.6 Å². The molecule has 19 heavy (non-hydrogen) atoms. The van der Waals surface area contributed by atoms with Crippen molar-refractivity contribution in [2.24, 2.45) is 10.2 Å². The molecular weight excluding hydrogens is 306 g/mol. The molecule has 98 valence electrons. The van der Waals surface area contributed by atoms with Crippen LogP contribution in [0.15, 0.2) is 57.4 Å². The molecular formula is C14H14BrN3O. The van der Waals surface area contributed by atoms with E-state index in [1.807, 2.05) is 30.3 Å². The van der Waals surface area contributed by atoms with Gasteiger partial charge in [0, 0.05) is 16.9 Å². The quantitative estimate of drug-likeness (QED) is 0.776. The third-order valence-electron chi connectivity index (χ3n) is 2.58. The fourth-order valence-electron chi connectivity index (χ4n) is 1.58. The SMILES string of the molecule is COc1ccc(Br)c(CCN=Nc2ccncc2)c1. The van der Waals surface area contributed by atoms with E-state index in [-0.39, 0.29) is 0 Å². The number of aromatic nitrogens is 1. The summed E-state index contributed by atoms with van der Waals surface area (Å²) in [7, 11) is 1.66. The number of rotatable bonds is 5. The molecule has 0 bridgehead atoms. The average molecular weight is 320 g/mol. The van der Waals surface area contributed by atoms with Crippen LogP contribution >= 0.6 is 15.9 Å². The van der Waals surface area contributed by atoms with Crippen molar-refractivity contribution in [1.82, 2.24) is 4.98 Å². The van der Waals surface area contributed by atoms with E-state index >= 15 is 0 Å². The number of azo groups is 1. The van der Waals surface area contributed by atoms with Crippen LogP contribution in [0.1, 0.15) is 5.56 Å². The molecule has 0 aliphatic carbocycles. The number of pyridine rings is 1. The highest BCUT2D eigenvalue weighted by Gasteiger charge is 2.01. The van der Waals surface area contributed by atoms with Crippen molar-refractivity contribution in [2.75, 3.05) is 13.7 Å². The van der Waals surface area contributed by atoms with E-state index in [0.29, 0.717) is 6.54 Å². The van der Waals surface area contributed by atoms with Crippen molar-refractivity contribution in [2.45, 2.75) is 6.42 Å². The molecule has 0 atom stereocenters. The summed E-state index contributed by atoms with van der Waals surface area (Å²) in [6.45, 7) is 0.633. The lowest BCUT2D eigenvalue weighted by Gasteiger charge is -2.05. The first-order valence-electron chi connectivity index (χ1n) is 5.89. The molecule has 0 amide bonds. The lowest BCUT2D eigenvalue weighted by atomic mass is 10.1. The molecule has 0 spiro atoms. The van der Waals surface area contributed by atoms with Gasteiger partial charge in [0.2, 0.25) is 0 Å². The molecule has 5 heteroatoms. The molecule has 0 radical (unpaired) electrons. The summed E-state index contributed by atoms with van der Waals surface area (Å²) in [4.78, 5) is 3.93. The summed E-state index contributed by atoms with van der Waals surface area (Å²) in [5, 5.41) is 8.30. The van der Waals surface area contributed by atoms with Gasteiger partial charge in [0.1, 0.15) is 5.75 Å². The van der Waals surface area contributed by atoms with E-state index < -0.39 is 0 Å². The highest BCUT2D eigenvalue weighted by atomic mass is 79.9. The number of hydrogen-bond acceptors (Lipinski definition) is 4. The van der Waals surface area contributed by atoms with Crippen LogP contribution in [-0.2, 0) is 6.42 Å². The fourth-order valence-corrected chi connectivity index (χ4v) is 2.03. The van der Waals surface area contributed by atoms with Crippen molar-refractivity contribution in [3.05, 3.63) is 52.8 Å². The van der Waals surface area contributed by atoms with Gasteiger partial charge in [0.05, 0.1) is 19.3 Å². The van der Waals surface area contributed by atoms with E-state index in [1.54, 1.807) is 19.5 Å². The molecule has 1 aromatic heterocycles. The Kier molecular flexibility index (Phi) is 5.03. The fraction of sp³-hybridized carbons (Fsp3) is 0.214. The Labute approximate surface area is 120 Å². The van der Waals surface area contributed by atoms with Crippen LogP contribution in [0.4, 0.5) is 5.69 Å². The first kappa shape index (κ1) is 13.7. The molecule has 0 unspecified atom stereocenters. The monoisotopic (exact) mass is 319 g/mol. The predicted octanol–water partition coefficient (Wildman–Crippen LogP) is 4.18. The minimum Gasteiger partial charge on any atom is -0.497 e. The van der Waals surface area contributed by atoms with Crippen LogP contribution in [0.2, 0.25) is 0 Å². The third-order valence-corrected chi connectivity index (χ3v) is 3.36. The van der Waals surface area contributed by atoms with Crippen LogP contribution in [0, 0.1) is 0 Å². The highest BCUT2D eigenvalue weighted by Crippen LogP contribution is 2.23. The summed E-state index contributed by atoms with van der Waals surface area (Å²) in [6.07, 6.45) is 4.21. The van der Waals surface area contributed by atoms with E-state index in [4.69, 9.17) is 4.74 Å². The van der Waals surface area contributed by atoms with Crippen LogP contribution < -0.4 is 4.74 Å². The number of hydrogen-bond donors (Lipinski definition) is 0. The maximum atomic E-state index is 5.20. The first-order chi connectivity index (χ1) is 9.29. The highest BCUT2D eigenvalue weighted by molar-refractivity contribution is 9.10. The molecule has 0 aliphatic rings. The summed E-state index contributed by atoms with van der Waals surface area (Å²) in [6, 6.07) is 9.56. The summed E-state index contributed by atoms with van der Waals surface area (Å²) >= 11 is 3.52. The zero-order chi connectivity index (χ0) is 13.5. The Bertz CT molecular complexity index is 558. The van der Waals surface area contributed by atoms with Gasteiger partial charge in [-0.3, -0.25) is 4.98 Å². The Balaban J connectivity index is 1.94. The topological polar surface area (TPSA) is 46.8 Å². The Morgan fingerprint density at radius 1 is 1.21 bits per heavy atom. The van der Waals surface area contributed by atoms with Crippen molar-refractivity contribution in [3.63, 3.8) is 0 Å². The maximum absolute atomic E-state index is 5.20. The third kappa shape index (κ3) is 4.13. The van der Waals surface area contributed by atoms with E-state index in [0.717, 1.165) is 27.9 Å². The molecule has 0 aliphatic heterocycles. The summed E-state index contributed by atoms with van der Waals surface area (Å²) in [5.74, 6) is 0.851. The van der Waals surface area contributed by atoms with E-state index in [9.17, 15) is 0 Å². The smallest absolute Gasteiger partial charge is 0.119 e. The lowest BCUT2D eigenvalue weighted by molar-refractivity contribution is 0.414. The van der Waals surface area contributed by atoms with Crippen LogP contribution in [0.25, 0.3) is 0 Å². The van der Waals surface area contributed by atoms with Crippen LogP contribution in [-0.4, -0.2) is 18.6 Å². The van der Waals surface area contributed by atoms with Gasteiger partial charge in [-0.05, 0) is 42.3 Å². The van der Waals surface area contributed by atoms with Crippen molar-refractivity contribution in [3.8, 4) is 5.75 Å². The second-order valence-electron chi connectivity index (χ2n) is 3.88. The number of ether oxygens (including phenoxy) is 1. The lowest BCUT2D eigenvalue weighted by Crippen LogP contribution is -1.92. The minimum atomic E-state index is 0.633. The van der Waals surface area contributed by atoms with Gasteiger partial charge in [-0.2, -0.15) is 10.2 Å². The zero-order valence-corrected chi connectivity index (χ0v) is 12.2.